The van der Waals surface area contributed by atoms with Crippen molar-refractivity contribution >= 4 is 43.2 Å². The zero-order chi connectivity index (χ0) is 18.8. The summed E-state index contributed by atoms with van der Waals surface area (Å²) in [5.41, 5.74) is -0.495. The average molecular weight is 459 g/mol. The lowest BCUT2D eigenvalue weighted by Crippen LogP contribution is -2.12. The number of sulfonamides is 1. The molecule has 0 saturated heterocycles. The maximum Gasteiger partial charge on any atom is 0.267 e. The molecule has 0 heterocycles. The molecule has 0 unspecified atom stereocenters. The van der Waals surface area contributed by atoms with Crippen molar-refractivity contribution in [3.05, 3.63) is 52.3 Å². The highest BCUT2D eigenvalue weighted by molar-refractivity contribution is 9.08. The first-order valence-electron chi connectivity index (χ1n) is 6.72. The third-order valence-electron chi connectivity index (χ3n) is 3.03. The summed E-state index contributed by atoms with van der Waals surface area (Å²) in [6.07, 6.45) is -2.04. The van der Waals surface area contributed by atoms with Crippen molar-refractivity contribution in [2.24, 2.45) is 0 Å². The van der Waals surface area contributed by atoms with Gasteiger partial charge >= 0.3 is 0 Å². The lowest BCUT2D eigenvalue weighted by Gasteiger charge is -2.18. The Bertz CT molecular complexity index is 874. The number of anilines is 1. The highest BCUT2D eigenvalue weighted by atomic mass is 79.9. The zero-order valence-corrected chi connectivity index (χ0v) is 15.9. The molecular weight excluding hydrogens is 447 g/mol. The summed E-state index contributed by atoms with van der Waals surface area (Å²) in [7, 11) is -3.66. The van der Waals surface area contributed by atoms with Crippen LogP contribution in [0.5, 0.6) is 11.5 Å². The highest BCUT2D eigenvalue weighted by Gasteiger charge is 2.23. The van der Waals surface area contributed by atoms with Gasteiger partial charge in [0.25, 0.3) is 6.43 Å². The topological polar surface area (TPSA) is 55.4 Å². The summed E-state index contributed by atoms with van der Waals surface area (Å²) in [6, 6.07) is 5.79. The van der Waals surface area contributed by atoms with Crippen LogP contribution in [0, 0.1) is 5.82 Å². The van der Waals surface area contributed by atoms with E-state index in [1.807, 2.05) is 0 Å². The first-order valence-corrected chi connectivity index (χ1v) is 10.1. The fraction of sp³-hybridized carbons (Fsp3) is 0.200. The molecule has 2 aromatic rings. The van der Waals surface area contributed by atoms with Crippen LogP contribution in [0.25, 0.3) is 0 Å². The number of nitrogens with one attached hydrogen (secondary N) is 1. The fourth-order valence-corrected chi connectivity index (χ4v) is 3.53. The Hall–Kier alpha value is -1.45. The highest BCUT2D eigenvalue weighted by Crippen LogP contribution is 2.40. The van der Waals surface area contributed by atoms with Crippen molar-refractivity contribution in [3.8, 4) is 11.5 Å². The number of rotatable bonds is 6. The molecule has 0 radical (unpaired) electrons. The van der Waals surface area contributed by atoms with E-state index in [1.165, 1.54) is 18.2 Å². The summed E-state index contributed by atoms with van der Waals surface area (Å²) in [4.78, 5) is 0. The van der Waals surface area contributed by atoms with Crippen LogP contribution in [0.15, 0.2) is 30.3 Å². The lowest BCUT2D eigenvalue weighted by atomic mass is 10.1. The van der Waals surface area contributed by atoms with Gasteiger partial charge < -0.3 is 4.74 Å². The first-order chi connectivity index (χ1) is 11.6. The molecule has 0 fully saturated rings. The molecule has 0 aliphatic carbocycles. The van der Waals surface area contributed by atoms with Gasteiger partial charge in [0, 0.05) is 16.4 Å². The van der Waals surface area contributed by atoms with Gasteiger partial charge in [-0.15, -0.1) is 0 Å². The van der Waals surface area contributed by atoms with Gasteiger partial charge in [0.15, 0.2) is 0 Å². The minimum absolute atomic E-state index is 0.000648. The SMILES string of the molecule is CS(=O)(=O)Nc1ccc(Oc2cc(F)cc(Cl)c2)c(C(F)F)c1CBr. The maximum atomic E-state index is 13.6. The van der Waals surface area contributed by atoms with Gasteiger partial charge in [-0.05, 0) is 29.8 Å². The predicted molar refractivity (Wildman–Crippen MR) is 94.0 cm³/mol. The molecule has 1 N–H and O–H groups in total. The average Bonchev–Trinajstić information content (AvgIpc) is 2.45. The normalized spacial score (nSPS) is 11.6. The van der Waals surface area contributed by atoms with Crippen molar-refractivity contribution in [3.63, 3.8) is 0 Å². The number of alkyl halides is 3. The Labute approximate surface area is 156 Å². The molecule has 25 heavy (non-hydrogen) atoms. The Morgan fingerprint density at radius 3 is 2.48 bits per heavy atom. The van der Waals surface area contributed by atoms with Crippen molar-refractivity contribution in [2.75, 3.05) is 11.0 Å². The van der Waals surface area contributed by atoms with E-state index in [0.717, 1.165) is 18.4 Å². The van der Waals surface area contributed by atoms with Crippen LogP contribution in [0.3, 0.4) is 0 Å². The standard InChI is InChI=1S/C15H12BrClF3NO3S/c1-25(22,23)21-12-2-3-13(14(15(19)20)11(12)7-16)24-10-5-8(17)4-9(18)6-10/h2-6,15,21H,7H2,1H3. The van der Waals surface area contributed by atoms with Crippen LogP contribution < -0.4 is 9.46 Å². The molecule has 2 aromatic carbocycles. The van der Waals surface area contributed by atoms with E-state index in [4.69, 9.17) is 16.3 Å². The van der Waals surface area contributed by atoms with E-state index < -0.39 is 27.8 Å². The van der Waals surface area contributed by atoms with Crippen LogP contribution >= 0.6 is 27.5 Å². The third-order valence-corrected chi connectivity index (χ3v) is 4.40. The molecule has 0 bridgehead atoms. The van der Waals surface area contributed by atoms with Crippen molar-refractivity contribution < 1.29 is 26.3 Å². The van der Waals surface area contributed by atoms with Gasteiger partial charge in [0.05, 0.1) is 17.5 Å². The molecule has 0 spiro atoms. The smallest absolute Gasteiger partial charge is 0.267 e. The minimum atomic E-state index is -3.66. The molecule has 0 aliphatic rings. The summed E-state index contributed by atoms with van der Waals surface area (Å²) in [6.45, 7) is 0. The van der Waals surface area contributed by atoms with Crippen LogP contribution in [-0.2, 0) is 15.4 Å². The van der Waals surface area contributed by atoms with Crippen LogP contribution in [0.1, 0.15) is 17.6 Å². The van der Waals surface area contributed by atoms with E-state index in [-0.39, 0.29) is 33.1 Å². The summed E-state index contributed by atoms with van der Waals surface area (Å²) >= 11 is 8.80. The molecule has 136 valence electrons. The number of benzene rings is 2. The second-order valence-electron chi connectivity index (χ2n) is 5.02. The summed E-state index contributed by atoms with van der Waals surface area (Å²) in [5, 5.41) is -0.00397. The Morgan fingerprint density at radius 2 is 1.96 bits per heavy atom. The largest absolute Gasteiger partial charge is 0.457 e. The van der Waals surface area contributed by atoms with Gasteiger partial charge in [0.2, 0.25) is 10.0 Å². The maximum absolute atomic E-state index is 13.6. The van der Waals surface area contributed by atoms with Crippen molar-refractivity contribution in [2.45, 2.75) is 11.8 Å². The van der Waals surface area contributed by atoms with Gasteiger partial charge in [-0.1, -0.05) is 27.5 Å². The molecule has 4 nitrogen and oxygen atoms in total. The Kier molecular flexibility index (Phi) is 6.23. The number of halogens is 5. The van der Waals surface area contributed by atoms with E-state index in [1.54, 1.807) is 0 Å². The molecule has 0 amide bonds. The lowest BCUT2D eigenvalue weighted by molar-refractivity contribution is 0.147. The van der Waals surface area contributed by atoms with E-state index in [0.29, 0.717) is 0 Å². The van der Waals surface area contributed by atoms with E-state index in [9.17, 15) is 21.6 Å². The van der Waals surface area contributed by atoms with Crippen molar-refractivity contribution in [1.82, 2.24) is 0 Å². The molecule has 0 atom stereocenters. The summed E-state index contributed by atoms with van der Waals surface area (Å²) < 4.78 is 70.9. The number of hydrogen-bond acceptors (Lipinski definition) is 3. The Morgan fingerprint density at radius 1 is 1.28 bits per heavy atom. The first kappa shape index (κ1) is 19.9. The molecule has 0 saturated carbocycles. The fourth-order valence-electron chi connectivity index (χ4n) is 2.13. The van der Waals surface area contributed by atoms with Crippen LogP contribution in [-0.4, -0.2) is 14.7 Å². The molecule has 2 rings (SSSR count). The molecule has 0 aliphatic heterocycles. The zero-order valence-electron chi connectivity index (χ0n) is 12.7. The van der Waals surface area contributed by atoms with Gasteiger partial charge in [-0.2, -0.15) is 0 Å². The third kappa shape index (κ3) is 5.26. The quantitative estimate of drug-likeness (QED) is 0.584. The van der Waals surface area contributed by atoms with Crippen LogP contribution in [0.4, 0.5) is 18.9 Å². The van der Waals surface area contributed by atoms with Gasteiger partial charge in [0.1, 0.15) is 17.3 Å². The molecule has 10 heteroatoms. The van der Waals surface area contributed by atoms with E-state index in [2.05, 4.69) is 20.7 Å². The van der Waals surface area contributed by atoms with Gasteiger partial charge in [-0.25, -0.2) is 21.6 Å². The second kappa shape index (κ2) is 7.84. The van der Waals surface area contributed by atoms with Crippen LogP contribution in [0.2, 0.25) is 5.02 Å². The second-order valence-corrected chi connectivity index (χ2v) is 7.76. The van der Waals surface area contributed by atoms with E-state index >= 15 is 0 Å². The number of ether oxygens (including phenoxy) is 1. The number of hydrogen-bond donors (Lipinski definition) is 1. The Balaban J connectivity index is 2.54. The molecule has 0 aromatic heterocycles. The van der Waals surface area contributed by atoms with Crippen molar-refractivity contribution in [1.29, 1.82) is 0 Å². The minimum Gasteiger partial charge on any atom is -0.457 e. The molecular formula is C15H12BrClF3NO3S. The predicted octanol–water partition coefficient (Wildman–Crippen LogP) is 5.48. The summed E-state index contributed by atoms with van der Waals surface area (Å²) in [5.74, 6) is -0.974. The van der Waals surface area contributed by atoms with Gasteiger partial charge in [-0.3, -0.25) is 4.72 Å². The monoisotopic (exact) mass is 457 g/mol.